The molecule has 430 valence electrons. The van der Waals surface area contributed by atoms with E-state index in [1.54, 1.807) is 12.1 Å². The van der Waals surface area contributed by atoms with Crippen molar-refractivity contribution >= 4 is 55.4 Å². The van der Waals surface area contributed by atoms with Gasteiger partial charge in [-0.25, -0.2) is 39.2 Å². The van der Waals surface area contributed by atoms with Crippen molar-refractivity contribution in [3.05, 3.63) is 193 Å². The highest BCUT2D eigenvalue weighted by molar-refractivity contribution is 8.04. The van der Waals surface area contributed by atoms with E-state index in [1.807, 2.05) is 30.3 Å². The molecular formula is C63H67F4NO10S3. The maximum atomic E-state index is 15.9. The van der Waals surface area contributed by atoms with Crippen molar-refractivity contribution in [2.75, 3.05) is 32.2 Å². The van der Waals surface area contributed by atoms with Gasteiger partial charge in [0.25, 0.3) is 20.0 Å². The lowest BCUT2D eigenvalue weighted by Gasteiger charge is -2.24. The number of thioether (sulfide) groups is 1. The predicted octanol–water partition coefficient (Wildman–Crippen LogP) is 12.7. The van der Waals surface area contributed by atoms with E-state index in [0.29, 0.717) is 34.3 Å². The smallest absolute Gasteiger partial charge is 0.333 e. The van der Waals surface area contributed by atoms with E-state index >= 15 is 17.6 Å². The third-order valence-corrected chi connectivity index (χ3v) is 18.2. The molecule has 6 aromatic carbocycles. The number of carbonyl (C=O) groups is 2. The molecule has 1 aliphatic rings. The first-order chi connectivity index (χ1) is 38.3. The molecule has 0 amide bonds. The summed E-state index contributed by atoms with van der Waals surface area (Å²) in [5, 5.41) is 1.23. The summed E-state index contributed by atoms with van der Waals surface area (Å²) in [7, 11) is -11.3. The third kappa shape index (κ3) is 14.4. The van der Waals surface area contributed by atoms with E-state index in [-0.39, 0.29) is 79.2 Å². The molecule has 6 aromatic rings. The van der Waals surface area contributed by atoms with Gasteiger partial charge in [-0.05, 0) is 118 Å². The maximum Gasteiger partial charge on any atom is 0.333 e. The van der Waals surface area contributed by atoms with Gasteiger partial charge in [0.05, 0.1) is 16.4 Å². The maximum absolute atomic E-state index is 15.9. The molecule has 0 unspecified atom stereocenters. The number of benzene rings is 6. The molecule has 11 nitrogen and oxygen atoms in total. The molecule has 0 bridgehead atoms. The Hall–Kier alpha value is -6.57. The highest BCUT2D eigenvalue weighted by Gasteiger charge is 2.38. The summed E-state index contributed by atoms with van der Waals surface area (Å²) in [4.78, 5) is 19.5. The third-order valence-electron chi connectivity index (χ3n) is 13.6. The molecule has 7 rings (SSSR count). The first-order valence-corrected chi connectivity index (χ1v) is 30.6. The van der Waals surface area contributed by atoms with Gasteiger partial charge in [-0.15, -0.1) is 15.9 Å². The highest BCUT2D eigenvalue weighted by Crippen LogP contribution is 2.41. The number of ether oxygens (including phenoxy) is 4. The van der Waals surface area contributed by atoms with Crippen LogP contribution in [0.15, 0.2) is 124 Å². The SMILES string of the molecule is C=C(C)C(=O)OCCOCCCC(=O)OCCSc1c(F)c(F)c(S(=O)(=O)NS(=O)(=O)c2ccccc2C2=c3cc/c(=C\c4c(C(C)C)cccc4C(C)C)cc3Oc3cc(Cc4c(C(C)C)cccc4C(C)C)ccc32)c(F)c1F. The number of carbonyl (C=O) groups excluding carboxylic acids is 2. The summed E-state index contributed by atoms with van der Waals surface area (Å²) in [6.45, 7) is 21.8. The molecule has 0 atom stereocenters. The summed E-state index contributed by atoms with van der Waals surface area (Å²) in [6.07, 6.45) is 2.73. The van der Waals surface area contributed by atoms with Crippen molar-refractivity contribution < 1.29 is 62.9 Å². The van der Waals surface area contributed by atoms with Crippen molar-refractivity contribution in [2.45, 2.75) is 120 Å². The van der Waals surface area contributed by atoms with Gasteiger partial charge in [-0.2, -0.15) is 0 Å². The molecule has 1 aliphatic heterocycles. The van der Waals surface area contributed by atoms with Crippen LogP contribution in [0.5, 0.6) is 11.5 Å². The number of esters is 2. The molecule has 0 aromatic heterocycles. The normalized spacial score (nSPS) is 12.8. The van der Waals surface area contributed by atoms with Gasteiger partial charge in [-0.3, -0.25) is 4.79 Å². The topological polar surface area (TPSA) is 151 Å². The molecule has 1 heterocycles. The van der Waals surface area contributed by atoms with Crippen LogP contribution in [0.4, 0.5) is 17.6 Å². The Morgan fingerprint density at radius 2 is 1.26 bits per heavy atom. The number of hydrogen-bond acceptors (Lipinski definition) is 11. The minimum atomic E-state index is -5.95. The lowest BCUT2D eigenvalue weighted by Crippen LogP contribution is -2.33. The Bertz CT molecular complexity index is 3670. The lowest BCUT2D eigenvalue weighted by molar-refractivity contribution is -0.143. The Balaban J connectivity index is 1.22. The van der Waals surface area contributed by atoms with E-state index in [2.05, 4.69) is 104 Å². The van der Waals surface area contributed by atoms with Gasteiger partial charge in [0, 0.05) is 46.3 Å². The number of sulfonamides is 2. The average Bonchev–Trinajstić information content (AvgIpc) is 3.44. The van der Waals surface area contributed by atoms with Crippen molar-refractivity contribution in [1.29, 1.82) is 0 Å². The molecule has 0 fully saturated rings. The van der Waals surface area contributed by atoms with Crippen LogP contribution in [0, 0.1) is 23.3 Å². The molecule has 0 spiro atoms. The Kier molecular flexibility index (Phi) is 20.3. The monoisotopic (exact) mass is 1170 g/mol. The van der Waals surface area contributed by atoms with Crippen LogP contribution in [0.1, 0.15) is 149 Å². The number of nitrogens with one attached hydrogen (secondary N) is 1. The van der Waals surface area contributed by atoms with E-state index < -0.39 is 82.3 Å². The van der Waals surface area contributed by atoms with Crippen molar-refractivity contribution in [3.8, 4) is 11.5 Å². The Morgan fingerprint density at radius 3 is 1.86 bits per heavy atom. The summed E-state index contributed by atoms with van der Waals surface area (Å²) in [5.74, 6) is -9.08. The zero-order valence-corrected chi connectivity index (χ0v) is 49.3. The van der Waals surface area contributed by atoms with E-state index in [4.69, 9.17) is 18.9 Å². The Morgan fingerprint density at radius 1 is 0.654 bits per heavy atom. The number of halogens is 4. The van der Waals surface area contributed by atoms with Crippen LogP contribution in [0.25, 0.3) is 11.6 Å². The number of rotatable bonds is 24. The average molecular weight is 1170 g/mol. The van der Waals surface area contributed by atoms with Crippen LogP contribution in [-0.4, -0.2) is 61.0 Å². The van der Waals surface area contributed by atoms with Gasteiger partial charge in [-0.1, -0.05) is 135 Å². The standard InChI is InChI=1S/C63H67F4NO10S3/c1-36(2)43-17-13-18-44(37(3)4)50(43)32-41-23-25-47-52(34-41)78-53-35-42(33-51-45(38(5)6)19-14-20-46(51)39(7)8)24-26-48(53)56(47)49-16-11-12-21-54(49)80(71,72)68-81(73,74)62-59(66)57(64)61(58(65)60(62)67)79-31-30-76-55(69)22-15-27-75-28-29-77-63(70)40(9)10/h11-14,16-21,23-26,32,34-39,68H,9,15,22,27-31,33H2,1-8,10H3/b41-32+. The van der Waals surface area contributed by atoms with E-state index in [1.165, 1.54) is 39.9 Å². The predicted molar refractivity (Wildman–Crippen MR) is 307 cm³/mol. The summed E-state index contributed by atoms with van der Waals surface area (Å²) in [6, 6.07) is 29.2. The zero-order chi connectivity index (χ0) is 59.1. The first-order valence-electron chi connectivity index (χ1n) is 26.7. The second-order valence-corrected chi connectivity index (χ2v) is 25.6. The van der Waals surface area contributed by atoms with Gasteiger partial charge in [0.15, 0.2) is 28.2 Å². The van der Waals surface area contributed by atoms with Gasteiger partial charge in [0.2, 0.25) is 0 Å². The second kappa shape index (κ2) is 26.6. The first kappa shape index (κ1) is 62.0. The van der Waals surface area contributed by atoms with Crippen molar-refractivity contribution in [3.63, 3.8) is 0 Å². The summed E-state index contributed by atoms with van der Waals surface area (Å²) < 4.78 is 143. The van der Waals surface area contributed by atoms with Crippen molar-refractivity contribution in [1.82, 2.24) is 4.13 Å². The highest BCUT2D eigenvalue weighted by atomic mass is 32.3. The fourth-order valence-electron chi connectivity index (χ4n) is 9.70. The summed E-state index contributed by atoms with van der Waals surface area (Å²) >= 11 is 0.202. The zero-order valence-electron chi connectivity index (χ0n) is 46.8. The molecule has 0 saturated carbocycles. The molecule has 0 radical (unpaired) electrons. The van der Waals surface area contributed by atoms with Crippen LogP contribution in [0.3, 0.4) is 0 Å². The Labute approximate surface area is 476 Å². The molecule has 81 heavy (non-hydrogen) atoms. The fraction of sp³-hybridized carbons (Fsp3) is 0.333. The largest absolute Gasteiger partial charge is 0.465 e. The summed E-state index contributed by atoms with van der Waals surface area (Å²) in [5.41, 5.74) is 8.83. The minimum absolute atomic E-state index is 0.0205. The van der Waals surface area contributed by atoms with Crippen LogP contribution in [0.2, 0.25) is 0 Å². The minimum Gasteiger partial charge on any atom is -0.465 e. The van der Waals surface area contributed by atoms with Crippen LogP contribution in [-0.2, 0) is 50.3 Å². The molecule has 0 aliphatic carbocycles. The fourth-order valence-corrected chi connectivity index (χ4v) is 13.7. The van der Waals surface area contributed by atoms with E-state index in [0.717, 1.165) is 33.5 Å². The number of fused-ring (bicyclic) bond motifs is 2. The molecule has 1 N–H and O–H groups in total. The second-order valence-electron chi connectivity index (χ2n) is 21.0. The van der Waals surface area contributed by atoms with E-state index in [9.17, 15) is 26.4 Å². The van der Waals surface area contributed by atoms with Gasteiger partial charge < -0.3 is 18.9 Å². The van der Waals surface area contributed by atoms with Crippen LogP contribution < -0.4 is 19.3 Å². The van der Waals surface area contributed by atoms with Gasteiger partial charge in [0.1, 0.15) is 24.7 Å². The van der Waals surface area contributed by atoms with Crippen LogP contribution >= 0.6 is 11.8 Å². The number of hydrogen-bond donors (Lipinski definition) is 1. The van der Waals surface area contributed by atoms with Gasteiger partial charge >= 0.3 is 11.9 Å². The lowest BCUT2D eigenvalue weighted by atomic mass is 9.85. The molecule has 18 heteroatoms. The quantitative estimate of drug-likeness (QED) is 0.0154. The molecular weight excluding hydrogens is 1100 g/mol. The molecule has 0 saturated heterocycles. The van der Waals surface area contributed by atoms with Crippen molar-refractivity contribution in [2.24, 2.45) is 0 Å².